The van der Waals surface area contributed by atoms with Crippen LogP contribution in [0.1, 0.15) is 43.0 Å². The molecule has 0 atom stereocenters. The third-order valence-electron chi connectivity index (χ3n) is 4.23. The number of carbonyl (C=O) groups excluding carboxylic acids is 1. The van der Waals surface area contributed by atoms with Crippen molar-refractivity contribution in [2.45, 2.75) is 37.5 Å². The first kappa shape index (κ1) is 15.0. The molecule has 1 aromatic carbocycles. The third kappa shape index (κ3) is 3.19. The van der Waals surface area contributed by atoms with E-state index in [1.54, 1.807) is 0 Å². The van der Waals surface area contributed by atoms with E-state index in [9.17, 15) is 13.2 Å². The molecule has 0 aliphatic heterocycles. The van der Waals surface area contributed by atoms with Crippen molar-refractivity contribution in [2.24, 2.45) is 10.6 Å². The molecule has 1 aliphatic carbocycles. The summed E-state index contributed by atoms with van der Waals surface area (Å²) in [5.74, 6) is -0.175. The Balaban J connectivity index is 1.99. The van der Waals surface area contributed by atoms with Crippen LogP contribution in [0.4, 0.5) is 0 Å². The van der Waals surface area contributed by atoms with E-state index in [1.807, 2.05) is 0 Å². The number of hydrogen-bond donors (Lipinski definition) is 2. The maximum absolute atomic E-state index is 12.0. The fourth-order valence-electron chi connectivity index (χ4n) is 2.50. The van der Waals surface area contributed by atoms with E-state index in [0.29, 0.717) is 12.1 Å². The molecule has 2 rings (SSSR count). The minimum absolute atomic E-state index is 0.0121. The summed E-state index contributed by atoms with van der Waals surface area (Å²) in [6.07, 6.45) is 4.62. The lowest BCUT2D eigenvalue weighted by molar-refractivity contribution is 0.0850. The molecule has 0 radical (unpaired) electrons. The van der Waals surface area contributed by atoms with E-state index in [1.165, 1.54) is 30.7 Å². The van der Waals surface area contributed by atoms with E-state index < -0.39 is 10.0 Å². The molecule has 0 heterocycles. The molecule has 0 spiro atoms. The van der Waals surface area contributed by atoms with Crippen molar-refractivity contribution >= 4 is 15.9 Å². The van der Waals surface area contributed by atoms with Crippen LogP contribution >= 0.6 is 0 Å². The molecule has 1 aliphatic rings. The fourth-order valence-corrected chi connectivity index (χ4v) is 3.01. The van der Waals surface area contributed by atoms with Crippen LogP contribution in [0.25, 0.3) is 0 Å². The number of primary sulfonamides is 1. The Labute approximate surface area is 119 Å². The van der Waals surface area contributed by atoms with E-state index in [0.717, 1.165) is 19.3 Å². The molecule has 20 heavy (non-hydrogen) atoms. The molecule has 1 fully saturated rings. The number of hydrogen-bond acceptors (Lipinski definition) is 3. The quantitative estimate of drug-likeness (QED) is 0.865. The second kappa shape index (κ2) is 5.54. The van der Waals surface area contributed by atoms with Gasteiger partial charge in [0.1, 0.15) is 0 Å². The van der Waals surface area contributed by atoms with Gasteiger partial charge in [-0.25, -0.2) is 13.6 Å². The Morgan fingerprint density at radius 1 is 1.30 bits per heavy atom. The molecule has 0 aromatic heterocycles. The third-order valence-corrected chi connectivity index (χ3v) is 5.16. The van der Waals surface area contributed by atoms with Crippen LogP contribution in [0.3, 0.4) is 0 Å². The molecule has 110 valence electrons. The van der Waals surface area contributed by atoms with E-state index in [2.05, 4.69) is 12.2 Å². The molecule has 1 aromatic rings. The van der Waals surface area contributed by atoms with Crippen LogP contribution in [0.2, 0.25) is 0 Å². The number of rotatable bonds is 5. The van der Waals surface area contributed by atoms with Crippen molar-refractivity contribution in [3.8, 4) is 0 Å². The second-order valence-electron chi connectivity index (χ2n) is 5.46. The van der Waals surface area contributed by atoms with Gasteiger partial charge in [-0.15, -0.1) is 0 Å². The second-order valence-corrected chi connectivity index (χ2v) is 7.02. The minimum atomic E-state index is -3.71. The average molecular weight is 296 g/mol. The van der Waals surface area contributed by atoms with Crippen LogP contribution in [0.5, 0.6) is 0 Å². The van der Waals surface area contributed by atoms with Crippen LogP contribution in [-0.2, 0) is 10.0 Å². The van der Waals surface area contributed by atoms with Gasteiger partial charge in [-0.05, 0) is 48.9 Å². The van der Waals surface area contributed by atoms with E-state index >= 15 is 0 Å². The highest BCUT2D eigenvalue weighted by Gasteiger charge is 2.35. The van der Waals surface area contributed by atoms with E-state index in [-0.39, 0.29) is 16.2 Å². The van der Waals surface area contributed by atoms with Crippen LogP contribution in [0.15, 0.2) is 29.2 Å². The van der Waals surface area contributed by atoms with Crippen molar-refractivity contribution < 1.29 is 13.2 Å². The predicted octanol–water partition coefficient (Wildman–Crippen LogP) is 1.64. The zero-order valence-electron chi connectivity index (χ0n) is 11.6. The highest BCUT2D eigenvalue weighted by molar-refractivity contribution is 7.89. The number of nitrogens with two attached hydrogens (primary N) is 1. The first-order valence-electron chi connectivity index (χ1n) is 6.77. The molecule has 0 bridgehead atoms. The molecule has 3 N–H and O–H groups in total. The van der Waals surface area contributed by atoms with Crippen molar-refractivity contribution in [3.63, 3.8) is 0 Å². The molecular formula is C14H20N2O3S. The monoisotopic (exact) mass is 296 g/mol. The number of nitrogens with one attached hydrogen (secondary N) is 1. The minimum Gasteiger partial charge on any atom is -0.351 e. The smallest absolute Gasteiger partial charge is 0.251 e. The average Bonchev–Trinajstić information content (AvgIpc) is 2.37. The molecule has 1 saturated carbocycles. The van der Waals surface area contributed by atoms with Crippen LogP contribution in [0, 0.1) is 5.41 Å². The number of sulfonamides is 1. The van der Waals surface area contributed by atoms with Gasteiger partial charge in [0.05, 0.1) is 4.90 Å². The summed E-state index contributed by atoms with van der Waals surface area (Å²) in [5.41, 5.74) is 0.707. The van der Waals surface area contributed by atoms with Crippen molar-refractivity contribution in [2.75, 3.05) is 6.54 Å². The SMILES string of the molecule is CCC1(CNC(=O)c2ccc(S(N)(=O)=O)cc2)CCC1. The van der Waals surface area contributed by atoms with E-state index in [4.69, 9.17) is 5.14 Å². The molecule has 6 heteroatoms. The number of amides is 1. The fraction of sp³-hybridized carbons (Fsp3) is 0.500. The van der Waals surface area contributed by atoms with Gasteiger partial charge in [0.25, 0.3) is 5.91 Å². The summed E-state index contributed by atoms with van der Waals surface area (Å²) in [7, 11) is -3.71. The predicted molar refractivity (Wildman–Crippen MR) is 76.7 cm³/mol. The van der Waals surface area contributed by atoms with Gasteiger partial charge in [-0.2, -0.15) is 0 Å². The normalized spacial score (nSPS) is 17.3. The maximum atomic E-state index is 12.0. The van der Waals surface area contributed by atoms with Gasteiger partial charge >= 0.3 is 0 Å². The molecule has 0 unspecified atom stereocenters. The highest BCUT2D eigenvalue weighted by atomic mass is 32.2. The molecular weight excluding hydrogens is 276 g/mol. The van der Waals surface area contributed by atoms with Crippen LogP contribution in [-0.4, -0.2) is 20.9 Å². The summed E-state index contributed by atoms with van der Waals surface area (Å²) in [6.45, 7) is 2.82. The first-order valence-corrected chi connectivity index (χ1v) is 8.32. The van der Waals surface area contributed by atoms with Crippen molar-refractivity contribution in [3.05, 3.63) is 29.8 Å². The number of benzene rings is 1. The first-order chi connectivity index (χ1) is 9.36. The summed E-state index contributed by atoms with van der Waals surface area (Å²) in [6, 6.07) is 5.66. The standard InChI is InChI=1S/C14H20N2O3S/c1-2-14(8-3-9-14)10-16-13(17)11-4-6-12(7-5-11)20(15,18)19/h4-7H,2-3,8-10H2,1H3,(H,16,17)(H2,15,18,19). The van der Waals surface area contributed by atoms with Gasteiger partial charge < -0.3 is 5.32 Å². The van der Waals surface area contributed by atoms with Gasteiger partial charge in [-0.3, -0.25) is 4.79 Å². The van der Waals surface area contributed by atoms with Crippen molar-refractivity contribution in [1.29, 1.82) is 0 Å². The zero-order valence-corrected chi connectivity index (χ0v) is 12.4. The molecule has 5 nitrogen and oxygen atoms in total. The van der Waals surface area contributed by atoms with Gasteiger partial charge in [0, 0.05) is 12.1 Å². The Hall–Kier alpha value is -1.40. The molecule has 0 saturated heterocycles. The van der Waals surface area contributed by atoms with Crippen molar-refractivity contribution in [1.82, 2.24) is 5.32 Å². The summed E-state index contributed by atoms with van der Waals surface area (Å²) < 4.78 is 22.3. The van der Waals surface area contributed by atoms with Gasteiger partial charge in [0.2, 0.25) is 10.0 Å². The Morgan fingerprint density at radius 3 is 2.30 bits per heavy atom. The maximum Gasteiger partial charge on any atom is 0.251 e. The highest BCUT2D eigenvalue weighted by Crippen LogP contribution is 2.43. The van der Waals surface area contributed by atoms with Gasteiger partial charge in [-0.1, -0.05) is 13.3 Å². The largest absolute Gasteiger partial charge is 0.351 e. The number of carbonyl (C=O) groups is 1. The Kier molecular flexibility index (Phi) is 4.15. The summed E-state index contributed by atoms with van der Waals surface area (Å²) in [5, 5.41) is 7.95. The Bertz CT molecular complexity index is 584. The Morgan fingerprint density at radius 2 is 1.90 bits per heavy atom. The lowest BCUT2D eigenvalue weighted by atomic mass is 9.67. The lowest BCUT2D eigenvalue weighted by Crippen LogP contribution is -2.41. The molecule has 1 amide bonds. The topological polar surface area (TPSA) is 89.3 Å². The summed E-state index contributed by atoms with van der Waals surface area (Å²) in [4.78, 5) is 12.0. The zero-order chi connectivity index (χ0) is 14.8. The lowest BCUT2D eigenvalue weighted by Gasteiger charge is -2.41. The van der Waals surface area contributed by atoms with Crippen LogP contribution < -0.4 is 10.5 Å². The van der Waals surface area contributed by atoms with Gasteiger partial charge in [0.15, 0.2) is 0 Å². The summed E-state index contributed by atoms with van der Waals surface area (Å²) >= 11 is 0.